The number of carbonyl (C=O) groups is 1. The Morgan fingerprint density at radius 3 is 2.56 bits per heavy atom. The standard InChI is InChI=1S/C15H20O3/c1-4-15(2,3)14(16)11-6-7-12-13(10-11)18-9-5-8-17-12/h6-7,10H,4-5,8-9H2,1-3H3. The molecule has 1 aromatic carbocycles. The van der Waals surface area contributed by atoms with Gasteiger partial charge in [0.15, 0.2) is 17.3 Å². The van der Waals surface area contributed by atoms with Crippen molar-refractivity contribution in [2.24, 2.45) is 5.41 Å². The number of ketones is 1. The van der Waals surface area contributed by atoms with Gasteiger partial charge in [0.25, 0.3) is 0 Å². The summed E-state index contributed by atoms with van der Waals surface area (Å²) in [7, 11) is 0. The molecule has 0 unspecified atom stereocenters. The van der Waals surface area contributed by atoms with Gasteiger partial charge < -0.3 is 9.47 Å². The molecule has 0 fully saturated rings. The number of carbonyl (C=O) groups excluding carboxylic acids is 1. The van der Waals surface area contributed by atoms with Gasteiger partial charge in [0, 0.05) is 17.4 Å². The summed E-state index contributed by atoms with van der Waals surface area (Å²) >= 11 is 0. The van der Waals surface area contributed by atoms with Gasteiger partial charge in [0.05, 0.1) is 13.2 Å². The third-order valence-corrected chi connectivity index (χ3v) is 3.51. The number of rotatable bonds is 3. The Balaban J connectivity index is 2.31. The van der Waals surface area contributed by atoms with Crippen LogP contribution in [0.5, 0.6) is 11.5 Å². The van der Waals surface area contributed by atoms with E-state index in [1.54, 1.807) is 6.07 Å². The molecule has 0 amide bonds. The Bertz CT molecular complexity index is 449. The topological polar surface area (TPSA) is 35.5 Å². The fourth-order valence-electron chi connectivity index (χ4n) is 1.86. The lowest BCUT2D eigenvalue weighted by atomic mass is 9.82. The van der Waals surface area contributed by atoms with Crippen molar-refractivity contribution in [3.05, 3.63) is 23.8 Å². The van der Waals surface area contributed by atoms with E-state index < -0.39 is 0 Å². The highest BCUT2D eigenvalue weighted by Crippen LogP contribution is 2.33. The Hall–Kier alpha value is -1.51. The van der Waals surface area contributed by atoms with Crippen molar-refractivity contribution in [2.45, 2.75) is 33.6 Å². The second-order valence-electron chi connectivity index (χ2n) is 5.28. The molecule has 1 heterocycles. The van der Waals surface area contributed by atoms with E-state index in [9.17, 15) is 4.79 Å². The van der Waals surface area contributed by atoms with Crippen LogP contribution in [-0.2, 0) is 0 Å². The summed E-state index contributed by atoms with van der Waals surface area (Å²) in [6, 6.07) is 5.47. The number of hydrogen-bond acceptors (Lipinski definition) is 3. The first-order valence-corrected chi connectivity index (χ1v) is 6.49. The third-order valence-electron chi connectivity index (χ3n) is 3.51. The zero-order valence-corrected chi connectivity index (χ0v) is 11.3. The molecular formula is C15H20O3. The minimum Gasteiger partial charge on any atom is -0.490 e. The molecular weight excluding hydrogens is 228 g/mol. The number of fused-ring (bicyclic) bond motifs is 1. The number of Topliss-reactive ketones (excluding diaryl/α,β-unsaturated/α-hetero) is 1. The molecule has 0 saturated carbocycles. The van der Waals surface area contributed by atoms with Crippen molar-refractivity contribution in [2.75, 3.05) is 13.2 Å². The average Bonchev–Trinajstić information content (AvgIpc) is 2.62. The lowest BCUT2D eigenvalue weighted by molar-refractivity contribution is 0.0832. The van der Waals surface area contributed by atoms with Gasteiger partial charge in [-0.3, -0.25) is 4.79 Å². The third kappa shape index (κ3) is 2.50. The van der Waals surface area contributed by atoms with Gasteiger partial charge in [0.1, 0.15) is 0 Å². The molecule has 0 bridgehead atoms. The molecule has 18 heavy (non-hydrogen) atoms. The summed E-state index contributed by atoms with van der Waals surface area (Å²) in [5.41, 5.74) is 0.367. The van der Waals surface area contributed by atoms with E-state index in [1.807, 2.05) is 32.9 Å². The maximum atomic E-state index is 12.4. The van der Waals surface area contributed by atoms with Crippen LogP contribution in [0.2, 0.25) is 0 Å². The first-order valence-electron chi connectivity index (χ1n) is 6.49. The van der Waals surface area contributed by atoms with Gasteiger partial charge in [-0.2, -0.15) is 0 Å². The van der Waals surface area contributed by atoms with Crippen molar-refractivity contribution in [3.63, 3.8) is 0 Å². The van der Waals surface area contributed by atoms with E-state index >= 15 is 0 Å². The fourth-order valence-corrected chi connectivity index (χ4v) is 1.86. The number of benzene rings is 1. The molecule has 1 aliphatic heterocycles. The Kier molecular flexibility index (Phi) is 3.60. The summed E-state index contributed by atoms with van der Waals surface area (Å²) in [5, 5.41) is 0. The smallest absolute Gasteiger partial charge is 0.168 e. The van der Waals surface area contributed by atoms with Crippen molar-refractivity contribution in [3.8, 4) is 11.5 Å². The van der Waals surface area contributed by atoms with Gasteiger partial charge in [-0.15, -0.1) is 0 Å². The molecule has 2 rings (SSSR count). The van der Waals surface area contributed by atoms with Crippen molar-refractivity contribution in [1.29, 1.82) is 0 Å². The van der Waals surface area contributed by atoms with Crippen LogP contribution in [0.1, 0.15) is 44.0 Å². The van der Waals surface area contributed by atoms with Crippen LogP contribution < -0.4 is 9.47 Å². The van der Waals surface area contributed by atoms with Crippen molar-refractivity contribution >= 4 is 5.78 Å². The van der Waals surface area contributed by atoms with Crippen molar-refractivity contribution in [1.82, 2.24) is 0 Å². The predicted octanol–water partition coefficient (Wildman–Crippen LogP) is 3.47. The minimum atomic E-state index is -0.334. The highest BCUT2D eigenvalue weighted by atomic mass is 16.5. The molecule has 1 aliphatic rings. The molecule has 0 atom stereocenters. The second kappa shape index (κ2) is 5.01. The largest absolute Gasteiger partial charge is 0.490 e. The van der Waals surface area contributed by atoms with Crippen LogP contribution in [0.25, 0.3) is 0 Å². The lowest BCUT2D eigenvalue weighted by Gasteiger charge is -2.21. The fraction of sp³-hybridized carbons (Fsp3) is 0.533. The van der Waals surface area contributed by atoms with E-state index in [0.29, 0.717) is 24.5 Å². The molecule has 0 radical (unpaired) electrons. The average molecular weight is 248 g/mol. The first-order chi connectivity index (χ1) is 8.54. The number of hydrogen-bond donors (Lipinski definition) is 0. The monoisotopic (exact) mass is 248 g/mol. The summed E-state index contributed by atoms with van der Waals surface area (Å²) in [4.78, 5) is 12.4. The van der Waals surface area contributed by atoms with Gasteiger partial charge >= 0.3 is 0 Å². The quantitative estimate of drug-likeness (QED) is 0.768. The zero-order valence-electron chi connectivity index (χ0n) is 11.3. The molecule has 0 spiro atoms. The maximum absolute atomic E-state index is 12.4. The highest BCUT2D eigenvalue weighted by Gasteiger charge is 2.27. The predicted molar refractivity (Wildman–Crippen MR) is 70.5 cm³/mol. The lowest BCUT2D eigenvalue weighted by Crippen LogP contribution is -2.23. The van der Waals surface area contributed by atoms with Gasteiger partial charge in [0.2, 0.25) is 0 Å². The van der Waals surface area contributed by atoms with E-state index in [2.05, 4.69) is 0 Å². The van der Waals surface area contributed by atoms with E-state index in [0.717, 1.165) is 18.6 Å². The van der Waals surface area contributed by atoms with Gasteiger partial charge in [-0.05, 0) is 24.6 Å². The summed E-state index contributed by atoms with van der Waals surface area (Å²) < 4.78 is 11.2. The summed E-state index contributed by atoms with van der Waals surface area (Å²) in [6.45, 7) is 7.28. The Morgan fingerprint density at radius 2 is 1.89 bits per heavy atom. The van der Waals surface area contributed by atoms with Crippen LogP contribution in [0.3, 0.4) is 0 Å². The molecule has 0 saturated heterocycles. The summed E-state index contributed by atoms with van der Waals surface area (Å²) in [6.07, 6.45) is 1.69. The van der Waals surface area contributed by atoms with Crippen LogP contribution in [-0.4, -0.2) is 19.0 Å². The summed E-state index contributed by atoms with van der Waals surface area (Å²) in [5.74, 6) is 1.57. The van der Waals surface area contributed by atoms with Gasteiger partial charge in [-0.25, -0.2) is 0 Å². The molecule has 0 aromatic heterocycles. The van der Waals surface area contributed by atoms with Crippen LogP contribution in [0, 0.1) is 5.41 Å². The Morgan fingerprint density at radius 1 is 1.22 bits per heavy atom. The molecule has 0 aliphatic carbocycles. The SMILES string of the molecule is CCC(C)(C)C(=O)c1ccc2c(c1)OCCCO2. The molecule has 3 heteroatoms. The van der Waals surface area contributed by atoms with Crippen LogP contribution in [0.15, 0.2) is 18.2 Å². The number of ether oxygens (including phenoxy) is 2. The molecule has 3 nitrogen and oxygen atoms in total. The Labute approximate surface area is 108 Å². The second-order valence-corrected chi connectivity index (χ2v) is 5.28. The molecule has 1 aromatic rings. The van der Waals surface area contributed by atoms with Crippen LogP contribution >= 0.6 is 0 Å². The van der Waals surface area contributed by atoms with E-state index in [1.165, 1.54) is 0 Å². The molecule has 98 valence electrons. The van der Waals surface area contributed by atoms with Crippen molar-refractivity contribution < 1.29 is 14.3 Å². The normalized spacial score (nSPS) is 15.1. The highest BCUT2D eigenvalue weighted by molar-refractivity contribution is 6.00. The molecule has 0 N–H and O–H groups in total. The van der Waals surface area contributed by atoms with E-state index in [-0.39, 0.29) is 11.2 Å². The van der Waals surface area contributed by atoms with Gasteiger partial charge in [-0.1, -0.05) is 20.8 Å². The zero-order chi connectivity index (χ0) is 13.2. The maximum Gasteiger partial charge on any atom is 0.168 e. The minimum absolute atomic E-state index is 0.153. The first kappa shape index (κ1) is 12.9. The van der Waals surface area contributed by atoms with Crippen LogP contribution in [0.4, 0.5) is 0 Å². The van der Waals surface area contributed by atoms with E-state index in [4.69, 9.17) is 9.47 Å².